The lowest BCUT2D eigenvalue weighted by Gasteiger charge is -2.32. The van der Waals surface area contributed by atoms with Crippen molar-refractivity contribution < 1.29 is 14.1 Å². The van der Waals surface area contributed by atoms with E-state index in [0.29, 0.717) is 13.0 Å². The van der Waals surface area contributed by atoms with Gasteiger partial charge in [-0.1, -0.05) is 5.16 Å². The Kier molecular flexibility index (Phi) is 2.89. The molecule has 1 aromatic heterocycles. The molecular weight excluding hydrogens is 210 g/mol. The summed E-state index contributed by atoms with van der Waals surface area (Å²) >= 11 is 0. The van der Waals surface area contributed by atoms with Gasteiger partial charge in [-0.25, -0.2) is 0 Å². The molecule has 0 bridgehead atoms. The Morgan fingerprint density at radius 1 is 1.50 bits per heavy atom. The van der Waals surface area contributed by atoms with Gasteiger partial charge in [0.15, 0.2) is 5.69 Å². The minimum atomic E-state index is -0.516. The Labute approximate surface area is 92.4 Å². The zero-order valence-corrected chi connectivity index (χ0v) is 8.76. The standard InChI is InChI=1S/C10H13N3O3/c11-9(14)8-3-1-2-5-13(8)10(15)7-4-6-16-12-7/h4,6,8H,1-3,5H2,(H2,11,14). The fourth-order valence-electron chi connectivity index (χ4n) is 1.94. The molecule has 0 aliphatic carbocycles. The summed E-state index contributed by atoms with van der Waals surface area (Å²) in [5.74, 6) is -0.756. The average molecular weight is 223 g/mol. The van der Waals surface area contributed by atoms with Gasteiger partial charge in [0.1, 0.15) is 12.3 Å². The zero-order chi connectivity index (χ0) is 11.5. The fraction of sp³-hybridized carbons (Fsp3) is 0.500. The minimum Gasteiger partial charge on any atom is -0.368 e. The number of likely N-dealkylation sites (tertiary alicyclic amines) is 1. The summed E-state index contributed by atoms with van der Waals surface area (Å²) in [4.78, 5) is 24.7. The van der Waals surface area contributed by atoms with E-state index in [1.807, 2.05) is 0 Å². The van der Waals surface area contributed by atoms with Crippen LogP contribution in [-0.2, 0) is 4.79 Å². The average Bonchev–Trinajstić information content (AvgIpc) is 2.81. The third kappa shape index (κ3) is 1.91. The highest BCUT2D eigenvalue weighted by Crippen LogP contribution is 2.18. The Morgan fingerprint density at radius 2 is 2.31 bits per heavy atom. The summed E-state index contributed by atoms with van der Waals surface area (Å²) < 4.78 is 4.61. The monoisotopic (exact) mass is 223 g/mol. The van der Waals surface area contributed by atoms with Crippen LogP contribution in [-0.4, -0.2) is 34.5 Å². The zero-order valence-electron chi connectivity index (χ0n) is 8.76. The maximum absolute atomic E-state index is 12.0. The highest BCUT2D eigenvalue weighted by molar-refractivity contribution is 5.95. The van der Waals surface area contributed by atoms with Crippen molar-refractivity contribution in [2.75, 3.05) is 6.54 Å². The molecular formula is C10H13N3O3. The van der Waals surface area contributed by atoms with Gasteiger partial charge in [-0.15, -0.1) is 0 Å². The van der Waals surface area contributed by atoms with Crippen molar-refractivity contribution in [3.63, 3.8) is 0 Å². The highest BCUT2D eigenvalue weighted by Gasteiger charge is 2.32. The molecule has 2 N–H and O–H groups in total. The number of piperidine rings is 1. The molecule has 0 spiro atoms. The number of hydrogen-bond acceptors (Lipinski definition) is 4. The predicted molar refractivity (Wildman–Crippen MR) is 54.4 cm³/mol. The van der Waals surface area contributed by atoms with Crippen LogP contribution in [0.25, 0.3) is 0 Å². The van der Waals surface area contributed by atoms with Crippen molar-refractivity contribution in [1.82, 2.24) is 10.1 Å². The van der Waals surface area contributed by atoms with E-state index in [-0.39, 0.29) is 11.6 Å². The summed E-state index contributed by atoms with van der Waals surface area (Å²) in [5, 5.41) is 3.57. The molecule has 1 atom stereocenters. The summed E-state index contributed by atoms with van der Waals surface area (Å²) in [6, 6.07) is 0.965. The topological polar surface area (TPSA) is 89.4 Å². The van der Waals surface area contributed by atoms with Crippen molar-refractivity contribution in [2.45, 2.75) is 25.3 Å². The van der Waals surface area contributed by atoms with E-state index >= 15 is 0 Å². The second-order valence-corrected chi connectivity index (χ2v) is 3.80. The molecule has 16 heavy (non-hydrogen) atoms. The van der Waals surface area contributed by atoms with E-state index in [1.165, 1.54) is 17.2 Å². The molecule has 1 aliphatic heterocycles. The van der Waals surface area contributed by atoms with E-state index in [1.54, 1.807) is 0 Å². The molecule has 0 saturated carbocycles. The molecule has 1 saturated heterocycles. The van der Waals surface area contributed by atoms with Crippen molar-refractivity contribution in [2.24, 2.45) is 5.73 Å². The first-order valence-corrected chi connectivity index (χ1v) is 5.21. The number of hydrogen-bond donors (Lipinski definition) is 1. The lowest BCUT2D eigenvalue weighted by Crippen LogP contribution is -2.50. The number of carbonyl (C=O) groups excluding carboxylic acids is 2. The number of amides is 2. The Morgan fingerprint density at radius 3 is 2.94 bits per heavy atom. The van der Waals surface area contributed by atoms with Crippen LogP contribution >= 0.6 is 0 Å². The molecule has 86 valence electrons. The number of nitrogens with two attached hydrogens (primary N) is 1. The Hall–Kier alpha value is -1.85. The van der Waals surface area contributed by atoms with Crippen LogP contribution in [0.2, 0.25) is 0 Å². The van der Waals surface area contributed by atoms with Gasteiger partial charge in [-0.3, -0.25) is 9.59 Å². The molecule has 2 amide bonds. The van der Waals surface area contributed by atoms with Crippen molar-refractivity contribution in [3.8, 4) is 0 Å². The first kappa shape index (κ1) is 10.7. The number of primary amides is 1. The quantitative estimate of drug-likeness (QED) is 0.773. The normalized spacial score (nSPS) is 20.8. The number of rotatable bonds is 2. The fourth-order valence-corrected chi connectivity index (χ4v) is 1.94. The predicted octanol–water partition coefficient (Wildman–Crippen LogP) is 0.155. The van der Waals surface area contributed by atoms with Crippen molar-refractivity contribution >= 4 is 11.8 Å². The molecule has 1 fully saturated rings. The lowest BCUT2D eigenvalue weighted by atomic mass is 10.0. The van der Waals surface area contributed by atoms with Gasteiger partial charge >= 0.3 is 0 Å². The summed E-state index contributed by atoms with van der Waals surface area (Å²) in [6.45, 7) is 0.541. The maximum Gasteiger partial charge on any atom is 0.276 e. The second kappa shape index (κ2) is 4.34. The van der Waals surface area contributed by atoms with Gasteiger partial charge in [0.25, 0.3) is 5.91 Å². The first-order chi connectivity index (χ1) is 7.70. The van der Waals surface area contributed by atoms with Crippen molar-refractivity contribution in [3.05, 3.63) is 18.0 Å². The smallest absolute Gasteiger partial charge is 0.276 e. The van der Waals surface area contributed by atoms with E-state index in [9.17, 15) is 9.59 Å². The van der Waals surface area contributed by atoms with E-state index in [4.69, 9.17) is 5.73 Å². The molecule has 1 aliphatic rings. The number of carbonyl (C=O) groups is 2. The van der Waals surface area contributed by atoms with Crippen LogP contribution in [0.3, 0.4) is 0 Å². The van der Waals surface area contributed by atoms with E-state index < -0.39 is 11.9 Å². The maximum atomic E-state index is 12.0. The molecule has 1 unspecified atom stereocenters. The minimum absolute atomic E-state index is 0.216. The van der Waals surface area contributed by atoms with Crippen molar-refractivity contribution in [1.29, 1.82) is 0 Å². The van der Waals surface area contributed by atoms with Crippen LogP contribution in [0.1, 0.15) is 29.8 Å². The largest absolute Gasteiger partial charge is 0.368 e. The van der Waals surface area contributed by atoms with Crippen LogP contribution in [0.15, 0.2) is 16.9 Å². The van der Waals surface area contributed by atoms with Gasteiger partial charge in [0.05, 0.1) is 0 Å². The van der Waals surface area contributed by atoms with Gasteiger partial charge in [0.2, 0.25) is 5.91 Å². The molecule has 6 heteroatoms. The first-order valence-electron chi connectivity index (χ1n) is 5.21. The lowest BCUT2D eigenvalue weighted by molar-refractivity contribution is -0.123. The summed E-state index contributed by atoms with van der Waals surface area (Å²) in [6.07, 6.45) is 3.75. The van der Waals surface area contributed by atoms with Gasteiger partial charge in [0, 0.05) is 12.6 Å². The molecule has 1 aromatic rings. The summed E-state index contributed by atoms with van der Waals surface area (Å²) in [5.41, 5.74) is 5.49. The molecule has 2 heterocycles. The van der Waals surface area contributed by atoms with E-state index in [2.05, 4.69) is 9.68 Å². The Bertz CT molecular complexity index is 388. The van der Waals surface area contributed by atoms with Gasteiger partial charge in [-0.05, 0) is 19.3 Å². The SMILES string of the molecule is NC(=O)C1CCCCN1C(=O)c1ccon1. The third-order valence-electron chi connectivity index (χ3n) is 2.75. The molecule has 0 radical (unpaired) electrons. The highest BCUT2D eigenvalue weighted by atomic mass is 16.5. The molecule has 2 rings (SSSR count). The van der Waals surface area contributed by atoms with Gasteiger partial charge < -0.3 is 15.2 Å². The van der Waals surface area contributed by atoms with Crippen LogP contribution < -0.4 is 5.73 Å². The van der Waals surface area contributed by atoms with Gasteiger partial charge in [-0.2, -0.15) is 0 Å². The molecule has 6 nitrogen and oxygen atoms in total. The third-order valence-corrected chi connectivity index (χ3v) is 2.75. The second-order valence-electron chi connectivity index (χ2n) is 3.80. The Balaban J connectivity index is 2.17. The van der Waals surface area contributed by atoms with Crippen LogP contribution in [0.5, 0.6) is 0 Å². The van der Waals surface area contributed by atoms with Crippen LogP contribution in [0, 0.1) is 0 Å². The molecule has 0 aromatic carbocycles. The summed E-state index contributed by atoms with van der Waals surface area (Å²) in [7, 11) is 0. The van der Waals surface area contributed by atoms with E-state index in [0.717, 1.165) is 12.8 Å². The number of aromatic nitrogens is 1. The van der Waals surface area contributed by atoms with Crippen LogP contribution in [0.4, 0.5) is 0 Å². The number of nitrogens with zero attached hydrogens (tertiary/aromatic N) is 2.